The van der Waals surface area contributed by atoms with Gasteiger partial charge in [-0.05, 0) is 36.4 Å². The van der Waals surface area contributed by atoms with Crippen LogP contribution in [0.5, 0.6) is 0 Å². The maximum absolute atomic E-state index is 12.1. The van der Waals surface area contributed by atoms with E-state index in [4.69, 9.17) is 11.5 Å². The molecule has 0 bridgehead atoms. The lowest BCUT2D eigenvalue weighted by Crippen LogP contribution is -2.20. The van der Waals surface area contributed by atoms with Crippen LogP contribution in [0.15, 0.2) is 48.5 Å². The first-order chi connectivity index (χ1) is 9.08. The van der Waals surface area contributed by atoms with Crippen molar-refractivity contribution >= 4 is 23.2 Å². The molecule has 0 saturated heterocycles. The largest absolute Gasteiger partial charge is 0.399 e. The van der Waals surface area contributed by atoms with Gasteiger partial charge in [-0.3, -0.25) is 9.59 Å². The Kier molecular flexibility index (Phi) is 3.47. The number of anilines is 2. The molecule has 5 heteroatoms. The number of primary amides is 1. The zero-order chi connectivity index (χ0) is 13.8. The Morgan fingerprint density at radius 1 is 0.895 bits per heavy atom. The van der Waals surface area contributed by atoms with Gasteiger partial charge in [0.1, 0.15) is 0 Å². The van der Waals surface area contributed by atoms with Crippen molar-refractivity contribution < 1.29 is 9.59 Å². The molecule has 2 rings (SSSR count). The molecule has 5 nitrogen and oxygen atoms in total. The Hall–Kier alpha value is -2.82. The summed E-state index contributed by atoms with van der Waals surface area (Å²) in [5.74, 6) is -1.03. The molecule has 0 atom stereocenters. The second-order valence-corrected chi connectivity index (χ2v) is 3.99. The summed E-state index contributed by atoms with van der Waals surface area (Å²) < 4.78 is 0. The lowest BCUT2D eigenvalue weighted by molar-refractivity contribution is 0.0977. The van der Waals surface area contributed by atoms with Crippen LogP contribution in [-0.4, -0.2) is 11.8 Å². The van der Waals surface area contributed by atoms with Crippen molar-refractivity contribution in [1.29, 1.82) is 0 Å². The third kappa shape index (κ3) is 2.90. The van der Waals surface area contributed by atoms with Crippen LogP contribution in [0.25, 0.3) is 0 Å². The van der Waals surface area contributed by atoms with Gasteiger partial charge >= 0.3 is 0 Å². The number of nitrogens with one attached hydrogen (secondary N) is 1. The molecule has 0 unspecified atom stereocenters. The Balaban J connectivity index is 2.25. The van der Waals surface area contributed by atoms with Gasteiger partial charge in [-0.15, -0.1) is 0 Å². The van der Waals surface area contributed by atoms with Gasteiger partial charge in [0.15, 0.2) is 0 Å². The molecule has 19 heavy (non-hydrogen) atoms. The molecule has 5 N–H and O–H groups in total. The molecule has 0 aliphatic heterocycles. The van der Waals surface area contributed by atoms with Crippen LogP contribution in [0, 0.1) is 0 Å². The zero-order valence-electron chi connectivity index (χ0n) is 10.1. The van der Waals surface area contributed by atoms with Gasteiger partial charge in [0.25, 0.3) is 5.91 Å². The number of nitrogen functional groups attached to an aromatic ring is 1. The average Bonchev–Trinajstić information content (AvgIpc) is 2.41. The van der Waals surface area contributed by atoms with Crippen molar-refractivity contribution in [1.82, 2.24) is 0 Å². The fourth-order valence-corrected chi connectivity index (χ4v) is 1.66. The van der Waals surface area contributed by atoms with E-state index in [-0.39, 0.29) is 17.0 Å². The molecule has 2 aromatic rings. The summed E-state index contributed by atoms with van der Waals surface area (Å²) in [5.41, 5.74) is 12.4. The Bertz CT molecular complexity index is 621. The molecule has 2 amide bonds. The number of rotatable bonds is 3. The molecule has 0 saturated carbocycles. The highest BCUT2D eigenvalue weighted by molar-refractivity contribution is 6.11. The number of amides is 2. The van der Waals surface area contributed by atoms with Crippen LogP contribution in [0.4, 0.5) is 11.4 Å². The number of carbonyl (C=O) groups is 2. The van der Waals surface area contributed by atoms with Crippen LogP contribution in [0.1, 0.15) is 20.7 Å². The van der Waals surface area contributed by atoms with Crippen molar-refractivity contribution in [2.24, 2.45) is 5.73 Å². The quantitative estimate of drug-likeness (QED) is 0.727. The minimum absolute atomic E-state index is 0.190. The maximum atomic E-state index is 12.1. The van der Waals surface area contributed by atoms with E-state index in [1.807, 2.05) is 0 Å². The van der Waals surface area contributed by atoms with Gasteiger partial charge in [-0.2, -0.15) is 0 Å². The summed E-state index contributed by atoms with van der Waals surface area (Å²) in [6, 6.07) is 13.1. The van der Waals surface area contributed by atoms with Gasteiger partial charge in [0, 0.05) is 11.4 Å². The lowest BCUT2D eigenvalue weighted by atomic mass is 10.1. The fraction of sp³-hybridized carbons (Fsp3) is 0. The average molecular weight is 255 g/mol. The molecule has 2 aromatic carbocycles. The number of hydrogen-bond acceptors (Lipinski definition) is 3. The van der Waals surface area contributed by atoms with E-state index < -0.39 is 5.91 Å². The second-order valence-electron chi connectivity index (χ2n) is 3.99. The van der Waals surface area contributed by atoms with Gasteiger partial charge in [0.2, 0.25) is 5.91 Å². The summed E-state index contributed by atoms with van der Waals surface area (Å²) in [6.45, 7) is 0. The number of benzene rings is 2. The molecule has 0 fully saturated rings. The minimum Gasteiger partial charge on any atom is -0.399 e. The third-order valence-electron chi connectivity index (χ3n) is 2.61. The van der Waals surface area contributed by atoms with Crippen molar-refractivity contribution in [2.75, 3.05) is 11.1 Å². The van der Waals surface area contributed by atoms with Crippen molar-refractivity contribution in [3.05, 3.63) is 59.7 Å². The number of nitrogens with two attached hydrogens (primary N) is 2. The number of carbonyl (C=O) groups excluding carboxylic acids is 2. The highest BCUT2D eigenvalue weighted by Crippen LogP contribution is 2.14. The molecule has 0 aromatic heterocycles. The van der Waals surface area contributed by atoms with E-state index in [2.05, 4.69) is 5.32 Å². The first-order valence-electron chi connectivity index (χ1n) is 5.63. The highest BCUT2D eigenvalue weighted by Gasteiger charge is 2.14. The van der Waals surface area contributed by atoms with Gasteiger partial charge < -0.3 is 16.8 Å². The number of hydrogen-bond donors (Lipinski definition) is 3. The van der Waals surface area contributed by atoms with Crippen LogP contribution >= 0.6 is 0 Å². The molecule has 96 valence electrons. The maximum Gasteiger partial charge on any atom is 0.256 e. The zero-order valence-corrected chi connectivity index (χ0v) is 10.1. The summed E-state index contributed by atoms with van der Waals surface area (Å²) in [4.78, 5) is 23.3. The predicted octanol–water partition coefficient (Wildman–Crippen LogP) is 1.62. The third-order valence-corrected chi connectivity index (χ3v) is 2.61. The standard InChI is InChI=1S/C14H13N3O2/c15-9-5-7-10(8-6-9)17-14(19)12-4-2-1-3-11(12)13(16)18/h1-8H,15H2,(H2,16,18)(H,17,19). The summed E-state index contributed by atoms with van der Waals surface area (Å²) in [6.07, 6.45) is 0. The van der Waals surface area contributed by atoms with Crippen LogP contribution in [-0.2, 0) is 0 Å². The molecular formula is C14H13N3O2. The van der Waals surface area contributed by atoms with Gasteiger partial charge in [-0.1, -0.05) is 12.1 Å². The van der Waals surface area contributed by atoms with Crippen molar-refractivity contribution in [2.45, 2.75) is 0 Å². The summed E-state index contributed by atoms with van der Waals surface area (Å²) in [7, 11) is 0. The molecule has 0 aliphatic rings. The summed E-state index contributed by atoms with van der Waals surface area (Å²) in [5, 5.41) is 2.68. The SMILES string of the molecule is NC(=O)c1ccccc1C(=O)Nc1ccc(N)cc1. The van der Waals surface area contributed by atoms with E-state index in [1.165, 1.54) is 6.07 Å². The second kappa shape index (κ2) is 5.22. The smallest absolute Gasteiger partial charge is 0.256 e. The predicted molar refractivity (Wildman–Crippen MR) is 73.8 cm³/mol. The minimum atomic E-state index is -0.636. The van der Waals surface area contributed by atoms with E-state index in [1.54, 1.807) is 42.5 Å². The van der Waals surface area contributed by atoms with Gasteiger partial charge in [-0.25, -0.2) is 0 Å². The molecule has 0 heterocycles. The molecular weight excluding hydrogens is 242 g/mol. The van der Waals surface area contributed by atoms with E-state index in [9.17, 15) is 9.59 Å². The van der Waals surface area contributed by atoms with Crippen LogP contribution in [0.2, 0.25) is 0 Å². The Morgan fingerprint density at radius 3 is 2.05 bits per heavy atom. The van der Waals surface area contributed by atoms with Crippen molar-refractivity contribution in [3.63, 3.8) is 0 Å². The van der Waals surface area contributed by atoms with E-state index in [0.29, 0.717) is 11.4 Å². The fourth-order valence-electron chi connectivity index (χ4n) is 1.66. The first-order valence-corrected chi connectivity index (χ1v) is 5.63. The normalized spacial score (nSPS) is 9.89. The van der Waals surface area contributed by atoms with Crippen LogP contribution in [0.3, 0.4) is 0 Å². The Labute approximate surface area is 110 Å². The molecule has 0 aliphatic carbocycles. The Morgan fingerprint density at radius 2 is 1.47 bits per heavy atom. The van der Waals surface area contributed by atoms with E-state index >= 15 is 0 Å². The topological polar surface area (TPSA) is 98.2 Å². The summed E-state index contributed by atoms with van der Waals surface area (Å²) >= 11 is 0. The lowest BCUT2D eigenvalue weighted by Gasteiger charge is -2.08. The van der Waals surface area contributed by atoms with Crippen molar-refractivity contribution in [3.8, 4) is 0 Å². The highest BCUT2D eigenvalue weighted by atomic mass is 16.2. The van der Waals surface area contributed by atoms with Crippen LogP contribution < -0.4 is 16.8 Å². The first kappa shape index (κ1) is 12.6. The monoisotopic (exact) mass is 255 g/mol. The molecule has 0 radical (unpaired) electrons. The van der Waals surface area contributed by atoms with E-state index in [0.717, 1.165) is 0 Å². The molecule has 0 spiro atoms. The van der Waals surface area contributed by atoms with Gasteiger partial charge in [0.05, 0.1) is 11.1 Å².